The Morgan fingerprint density at radius 2 is 2.33 bits per heavy atom. The van der Waals surface area contributed by atoms with Crippen LogP contribution in [0.2, 0.25) is 0 Å². The fourth-order valence-corrected chi connectivity index (χ4v) is 1.45. The van der Waals surface area contributed by atoms with E-state index in [1.807, 2.05) is 0 Å². The number of rotatable bonds is 1. The summed E-state index contributed by atoms with van der Waals surface area (Å²) >= 11 is 0. The van der Waals surface area contributed by atoms with E-state index in [-0.39, 0.29) is 12.4 Å². The van der Waals surface area contributed by atoms with E-state index in [9.17, 15) is 15.0 Å². The van der Waals surface area contributed by atoms with Crippen LogP contribution >= 0.6 is 0 Å². The molecular weight excluding hydrogens is 202 g/mol. The third-order valence-electron chi connectivity index (χ3n) is 2.25. The van der Waals surface area contributed by atoms with E-state index < -0.39 is 24.1 Å². The van der Waals surface area contributed by atoms with E-state index >= 15 is 0 Å². The van der Waals surface area contributed by atoms with Crippen molar-refractivity contribution in [2.24, 2.45) is 0 Å². The summed E-state index contributed by atoms with van der Waals surface area (Å²) in [5, 5.41) is 18.8. The minimum atomic E-state index is -1.13. The van der Waals surface area contributed by atoms with Gasteiger partial charge in [-0.3, -0.25) is 4.57 Å². The third-order valence-corrected chi connectivity index (χ3v) is 2.25. The van der Waals surface area contributed by atoms with Gasteiger partial charge in [0.15, 0.2) is 6.23 Å². The summed E-state index contributed by atoms with van der Waals surface area (Å²) in [5.41, 5.74) is 4.69. The number of nitrogens with zero attached hydrogens (tertiary/aromatic N) is 2. The standard InChI is InChI=1S/C8H11N3O4/c9-5-1-2-11(8(14)10-5)7-6(13)4(12)3-15-7/h1-2,4,6-7,12-13H,3H2,(H2,9,10,14)/t4?,6?,7-/m1/s1. The number of aliphatic hydroxyl groups excluding tert-OH is 2. The van der Waals surface area contributed by atoms with Gasteiger partial charge < -0.3 is 20.7 Å². The first-order valence-corrected chi connectivity index (χ1v) is 4.42. The van der Waals surface area contributed by atoms with Crippen LogP contribution in [-0.4, -0.2) is 38.6 Å². The number of aromatic nitrogens is 2. The van der Waals surface area contributed by atoms with Gasteiger partial charge in [0.25, 0.3) is 0 Å². The van der Waals surface area contributed by atoms with Gasteiger partial charge in [0.2, 0.25) is 0 Å². The van der Waals surface area contributed by atoms with Crippen molar-refractivity contribution in [3.63, 3.8) is 0 Å². The quantitative estimate of drug-likeness (QED) is 0.501. The van der Waals surface area contributed by atoms with Gasteiger partial charge in [-0.05, 0) is 6.07 Å². The van der Waals surface area contributed by atoms with Gasteiger partial charge in [0.05, 0.1) is 6.61 Å². The Morgan fingerprint density at radius 1 is 1.60 bits per heavy atom. The van der Waals surface area contributed by atoms with Crippen LogP contribution in [0.15, 0.2) is 17.1 Å². The van der Waals surface area contributed by atoms with Crippen molar-refractivity contribution < 1.29 is 14.9 Å². The molecule has 1 aliphatic rings. The molecule has 82 valence electrons. The summed E-state index contributed by atoms with van der Waals surface area (Å²) in [7, 11) is 0. The second kappa shape index (κ2) is 3.61. The Labute approximate surface area is 84.7 Å². The van der Waals surface area contributed by atoms with Gasteiger partial charge in [-0.2, -0.15) is 4.98 Å². The summed E-state index contributed by atoms with van der Waals surface area (Å²) in [4.78, 5) is 14.9. The molecule has 0 spiro atoms. The lowest BCUT2D eigenvalue weighted by Crippen LogP contribution is -2.34. The average molecular weight is 213 g/mol. The summed E-state index contributed by atoms with van der Waals surface area (Å²) in [5.74, 6) is 0.101. The maximum absolute atomic E-state index is 11.4. The highest BCUT2D eigenvalue weighted by Gasteiger charge is 2.36. The molecule has 0 radical (unpaired) electrons. The van der Waals surface area contributed by atoms with Crippen LogP contribution in [0.5, 0.6) is 0 Å². The lowest BCUT2D eigenvalue weighted by atomic mass is 10.2. The van der Waals surface area contributed by atoms with Crippen LogP contribution in [0.1, 0.15) is 6.23 Å². The first-order chi connectivity index (χ1) is 7.09. The minimum absolute atomic E-state index is 0.0113. The largest absolute Gasteiger partial charge is 0.388 e. The van der Waals surface area contributed by atoms with E-state index in [2.05, 4.69) is 4.98 Å². The number of nitrogens with two attached hydrogens (primary N) is 1. The molecule has 0 aliphatic carbocycles. The van der Waals surface area contributed by atoms with Gasteiger partial charge in [-0.25, -0.2) is 4.79 Å². The van der Waals surface area contributed by atoms with Crippen LogP contribution in [0.25, 0.3) is 0 Å². The highest BCUT2D eigenvalue weighted by molar-refractivity contribution is 5.23. The van der Waals surface area contributed by atoms with Crippen molar-refractivity contribution in [3.05, 3.63) is 22.7 Å². The molecule has 2 rings (SSSR count). The summed E-state index contributed by atoms with van der Waals surface area (Å²) in [6.45, 7) is -0.0113. The predicted octanol–water partition coefficient (Wildman–Crippen LogP) is -1.92. The highest BCUT2D eigenvalue weighted by atomic mass is 16.5. The van der Waals surface area contributed by atoms with Crippen molar-refractivity contribution in [2.75, 3.05) is 12.3 Å². The zero-order valence-electron chi connectivity index (χ0n) is 7.78. The minimum Gasteiger partial charge on any atom is -0.388 e. The number of anilines is 1. The number of nitrogen functional groups attached to an aromatic ring is 1. The Kier molecular flexibility index (Phi) is 2.43. The summed E-state index contributed by atoms with van der Waals surface area (Å²) in [6.07, 6.45) is -1.65. The smallest absolute Gasteiger partial charge is 0.351 e. The van der Waals surface area contributed by atoms with Crippen LogP contribution < -0.4 is 11.4 Å². The van der Waals surface area contributed by atoms with Crippen molar-refractivity contribution in [2.45, 2.75) is 18.4 Å². The van der Waals surface area contributed by atoms with Crippen molar-refractivity contribution >= 4 is 5.82 Å². The van der Waals surface area contributed by atoms with Gasteiger partial charge >= 0.3 is 5.69 Å². The molecule has 0 saturated carbocycles. The molecule has 1 saturated heterocycles. The molecule has 2 unspecified atom stereocenters. The molecule has 7 heteroatoms. The lowest BCUT2D eigenvalue weighted by Gasteiger charge is -2.16. The van der Waals surface area contributed by atoms with Gasteiger partial charge in [0, 0.05) is 6.20 Å². The molecule has 0 bridgehead atoms. The van der Waals surface area contributed by atoms with Crippen LogP contribution in [0, 0.1) is 0 Å². The predicted molar refractivity (Wildman–Crippen MR) is 49.9 cm³/mol. The van der Waals surface area contributed by atoms with E-state index in [0.29, 0.717) is 0 Å². The zero-order valence-corrected chi connectivity index (χ0v) is 7.78. The maximum Gasteiger partial charge on any atom is 0.351 e. The number of ether oxygens (including phenoxy) is 1. The SMILES string of the molecule is Nc1ccn([C@@H]2OCC(O)C2O)c(=O)n1. The molecule has 0 amide bonds. The number of aliphatic hydroxyl groups is 2. The monoisotopic (exact) mass is 213 g/mol. The number of hydrogen-bond acceptors (Lipinski definition) is 6. The van der Waals surface area contributed by atoms with Crippen molar-refractivity contribution in [1.29, 1.82) is 0 Å². The fraction of sp³-hybridized carbons (Fsp3) is 0.500. The molecule has 3 atom stereocenters. The molecular formula is C8H11N3O4. The maximum atomic E-state index is 11.4. The van der Waals surface area contributed by atoms with Crippen LogP contribution in [0.3, 0.4) is 0 Å². The summed E-state index contributed by atoms with van der Waals surface area (Å²) in [6, 6.07) is 1.42. The van der Waals surface area contributed by atoms with E-state index in [1.54, 1.807) is 0 Å². The third kappa shape index (κ3) is 1.72. The van der Waals surface area contributed by atoms with Gasteiger partial charge in [-0.15, -0.1) is 0 Å². The van der Waals surface area contributed by atoms with E-state index in [0.717, 1.165) is 4.57 Å². The van der Waals surface area contributed by atoms with Crippen molar-refractivity contribution in [1.82, 2.24) is 9.55 Å². The van der Waals surface area contributed by atoms with E-state index in [4.69, 9.17) is 10.5 Å². The first-order valence-electron chi connectivity index (χ1n) is 4.42. The molecule has 15 heavy (non-hydrogen) atoms. The fourth-order valence-electron chi connectivity index (χ4n) is 1.45. The Morgan fingerprint density at radius 3 is 2.87 bits per heavy atom. The average Bonchev–Trinajstić information content (AvgIpc) is 2.49. The molecule has 2 heterocycles. The second-order valence-corrected chi connectivity index (χ2v) is 3.32. The Bertz CT molecular complexity index is 419. The molecule has 1 aromatic rings. The van der Waals surface area contributed by atoms with Gasteiger partial charge in [0.1, 0.15) is 18.0 Å². The highest BCUT2D eigenvalue weighted by Crippen LogP contribution is 2.22. The van der Waals surface area contributed by atoms with Crippen molar-refractivity contribution in [3.8, 4) is 0 Å². The molecule has 7 nitrogen and oxygen atoms in total. The number of hydrogen-bond donors (Lipinski definition) is 3. The Hall–Kier alpha value is -1.44. The van der Waals surface area contributed by atoms with E-state index in [1.165, 1.54) is 12.3 Å². The van der Waals surface area contributed by atoms with Gasteiger partial charge in [-0.1, -0.05) is 0 Å². The first kappa shape index (κ1) is 10.1. The normalized spacial score (nSPS) is 30.7. The molecule has 1 aliphatic heterocycles. The second-order valence-electron chi connectivity index (χ2n) is 3.32. The molecule has 4 N–H and O–H groups in total. The zero-order chi connectivity index (χ0) is 11.0. The lowest BCUT2D eigenvalue weighted by molar-refractivity contribution is -0.0211. The van der Waals surface area contributed by atoms with Crippen LogP contribution in [0.4, 0.5) is 5.82 Å². The Balaban J connectivity index is 2.34. The van der Waals surface area contributed by atoms with Crippen LogP contribution in [-0.2, 0) is 4.74 Å². The molecule has 1 fully saturated rings. The molecule has 1 aromatic heterocycles. The molecule has 0 aromatic carbocycles. The summed E-state index contributed by atoms with van der Waals surface area (Å²) < 4.78 is 6.16. The topological polar surface area (TPSA) is 111 Å².